The number of aromatic carboxylic acids is 1. The van der Waals surface area contributed by atoms with Gasteiger partial charge in [-0.15, -0.1) is 0 Å². The fourth-order valence-electron chi connectivity index (χ4n) is 1.25. The maximum absolute atomic E-state index is 10.7. The molecule has 1 aromatic rings. The van der Waals surface area contributed by atoms with Crippen LogP contribution in [0.3, 0.4) is 0 Å². The van der Waals surface area contributed by atoms with E-state index in [-0.39, 0.29) is 5.56 Å². The van der Waals surface area contributed by atoms with E-state index in [0.717, 1.165) is 0 Å². The topological polar surface area (TPSA) is 73.7 Å². The first-order valence-electron chi connectivity index (χ1n) is 4.59. The summed E-state index contributed by atoms with van der Waals surface area (Å²) in [5, 5.41) is 18.0. The summed E-state index contributed by atoms with van der Waals surface area (Å²) in [7, 11) is 1.75. The molecule has 5 heteroatoms. The van der Waals surface area contributed by atoms with E-state index in [4.69, 9.17) is 5.11 Å². The van der Waals surface area contributed by atoms with Crippen LogP contribution in [0.4, 0.5) is 5.82 Å². The quantitative estimate of drug-likeness (QED) is 0.761. The second-order valence-electron chi connectivity index (χ2n) is 3.44. The van der Waals surface area contributed by atoms with Gasteiger partial charge in [0.15, 0.2) is 0 Å². The highest BCUT2D eigenvalue weighted by atomic mass is 16.4. The van der Waals surface area contributed by atoms with Crippen LogP contribution in [0.5, 0.6) is 0 Å². The van der Waals surface area contributed by atoms with E-state index >= 15 is 0 Å². The number of hydrogen-bond donors (Lipinski definition) is 2. The molecular weight excluding hydrogens is 196 g/mol. The number of likely N-dealkylation sites (N-methyl/N-ethyl adjacent to an activating group) is 1. The molecule has 0 aromatic carbocycles. The molecule has 0 bridgehead atoms. The van der Waals surface area contributed by atoms with Gasteiger partial charge in [0.25, 0.3) is 0 Å². The van der Waals surface area contributed by atoms with Crippen molar-refractivity contribution in [2.75, 3.05) is 18.5 Å². The molecule has 1 rings (SSSR count). The molecule has 0 saturated heterocycles. The van der Waals surface area contributed by atoms with Crippen LogP contribution < -0.4 is 4.90 Å². The monoisotopic (exact) mass is 210 g/mol. The number of aliphatic hydroxyl groups is 1. The summed E-state index contributed by atoms with van der Waals surface area (Å²) >= 11 is 0. The van der Waals surface area contributed by atoms with Gasteiger partial charge in [0.05, 0.1) is 11.7 Å². The van der Waals surface area contributed by atoms with Crippen molar-refractivity contribution in [2.45, 2.75) is 13.0 Å². The largest absolute Gasteiger partial charge is 0.478 e. The predicted octanol–water partition coefficient (Wildman–Crippen LogP) is 0.597. The van der Waals surface area contributed by atoms with Gasteiger partial charge >= 0.3 is 5.97 Å². The van der Waals surface area contributed by atoms with Crippen molar-refractivity contribution in [3.8, 4) is 0 Å². The Kier molecular flexibility index (Phi) is 3.62. The Hall–Kier alpha value is -1.62. The molecule has 0 aliphatic rings. The number of carboxylic acid groups (broad SMARTS) is 1. The predicted molar refractivity (Wildman–Crippen MR) is 56.1 cm³/mol. The SMILES string of the molecule is CC(O)CN(C)c1cc(C(=O)O)ccn1. The molecule has 1 atom stereocenters. The summed E-state index contributed by atoms with van der Waals surface area (Å²) in [4.78, 5) is 16.4. The Morgan fingerprint density at radius 3 is 2.87 bits per heavy atom. The van der Waals surface area contributed by atoms with E-state index in [9.17, 15) is 9.90 Å². The van der Waals surface area contributed by atoms with Gasteiger partial charge in [0, 0.05) is 19.8 Å². The van der Waals surface area contributed by atoms with Gasteiger partial charge in [-0.25, -0.2) is 9.78 Å². The first-order chi connectivity index (χ1) is 7.00. The second kappa shape index (κ2) is 4.75. The van der Waals surface area contributed by atoms with Crippen LogP contribution in [-0.4, -0.2) is 40.9 Å². The lowest BCUT2D eigenvalue weighted by Gasteiger charge is -2.19. The zero-order chi connectivity index (χ0) is 11.4. The number of anilines is 1. The fraction of sp³-hybridized carbons (Fsp3) is 0.400. The molecule has 0 radical (unpaired) electrons. The van der Waals surface area contributed by atoms with Crippen LogP contribution in [0.25, 0.3) is 0 Å². The van der Waals surface area contributed by atoms with E-state index in [1.807, 2.05) is 0 Å². The molecule has 5 nitrogen and oxygen atoms in total. The Bertz CT molecular complexity index is 352. The molecule has 0 spiro atoms. The highest BCUT2D eigenvalue weighted by Gasteiger charge is 2.08. The minimum absolute atomic E-state index is 0.192. The molecule has 2 N–H and O–H groups in total. The third kappa shape index (κ3) is 3.21. The van der Waals surface area contributed by atoms with Crippen LogP contribution in [0.2, 0.25) is 0 Å². The van der Waals surface area contributed by atoms with Gasteiger partial charge in [-0.2, -0.15) is 0 Å². The molecule has 0 fully saturated rings. The van der Waals surface area contributed by atoms with Gasteiger partial charge in [-0.05, 0) is 19.1 Å². The number of hydrogen-bond acceptors (Lipinski definition) is 4. The van der Waals surface area contributed by atoms with E-state index in [2.05, 4.69) is 4.98 Å². The molecule has 0 aliphatic heterocycles. The van der Waals surface area contributed by atoms with Gasteiger partial charge in [-0.3, -0.25) is 0 Å². The summed E-state index contributed by atoms with van der Waals surface area (Å²) in [6.45, 7) is 2.08. The molecule has 15 heavy (non-hydrogen) atoms. The number of carboxylic acids is 1. The molecule has 1 heterocycles. The van der Waals surface area contributed by atoms with Gasteiger partial charge in [-0.1, -0.05) is 0 Å². The van der Waals surface area contributed by atoms with Crippen molar-refractivity contribution in [3.05, 3.63) is 23.9 Å². The molecule has 0 aliphatic carbocycles. The minimum Gasteiger partial charge on any atom is -0.478 e. The van der Waals surface area contributed by atoms with Crippen LogP contribution in [-0.2, 0) is 0 Å². The lowest BCUT2D eigenvalue weighted by atomic mass is 10.2. The number of nitrogens with zero attached hydrogens (tertiary/aromatic N) is 2. The Labute approximate surface area is 88.0 Å². The summed E-state index contributed by atoms with van der Waals surface area (Å²) < 4.78 is 0. The van der Waals surface area contributed by atoms with Gasteiger partial charge < -0.3 is 15.1 Å². The van der Waals surface area contributed by atoms with Crippen LogP contribution in [0, 0.1) is 0 Å². The third-order valence-electron chi connectivity index (χ3n) is 1.92. The summed E-state index contributed by atoms with van der Waals surface area (Å²) in [5.41, 5.74) is 0.192. The summed E-state index contributed by atoms with van der Waals surface area (Å²) in [6, 6.07) is 2.91. The van der Waals surface area contributed by atoms with E-state index < -0.39 is 12.1 Å². The molecular formula is C10H14N2O3. The van der Waals surface area contributed by atoms with Crippen molar-refractivity contribution in [1.82, 2.24) is 4.98 Å². The fourth-order valence-corrected chi connectivity index (χ4v) is 1.25. The van der Waals surface area contributed by atoms with E-state index in [0.29, 0.717) is 12.4 Å². The molecule has 1 unspecified atom stereocenters. The van der Waals surface area contributed by atoms with Crippen molar-refractivity contribution in [2.24, 2.45) is 0 Å². The van der Waals surface area contributed by atoms with Crippen LogP contribution >= 0.6 is 0 Å². The maximum atomic E-state index is 10.7. The lowest BCUT2D eigenvalue weighted by Crippen LogP contribution is -2.27. The molecule has 0 saturated carbocycles. The zero-order valence-electron chi connectivity index (χ0n) is 8.71. The van der Waals surface area contributed by atoms with E-state index in [1.54, 1.807) is 18.9 Å². The average molecular weight is 210 g/mol. The third-order valence-corrected chi connectivity index (χ3v) is 1.92. The minimum atomic E-state index is -0.982. The lowest BCUT2D eigenvalue weighted by molar-refractivity contribution is 0.0697. The number of pyridine rings is 1. The average Bonchev–Trinajstić information content (AvgIpc) is 2.17. The van der Waals surface area contributed by atoms with Crippen molar-refractivity contribution in [1.29, 1.82) is 0 Å². The highest BCUT2D eigenvalue weighted by molar-refractivity contribution is 5.88. The maximum Gasteiger partial charge on any atom is 0.335 e. The van der Waals surface area contributed by atoms with Gasteiger partial charge in [0.1, 0.15) is 5.82 Å². The van der Waals surface area contributed by atoms with E-state index in [1.165, 1.54) is 18.3 Å². The highest BCUT2D eigenvalue weighted by Crippen LogP contribution is 2.11. The standard InChI is InChI=1S/C10H14N2O3/c1-7(13)6-12(2)9-5-8(10(14)15)3-4-11-9/h3-5,7,13H,6H2,1-2H3,(H,14,15). The number of aliphatic hydroxyl groups excluding tert-OH is 1. The molecule has 82 valence electrons. The zero-order valence-corrected chi connectivity index (χ0v) is 8.71. The summed E-state index contributed by atoms with van der Waals surface area (Å²) in [6.07, 6.45) is 0.961. The van der Waals surface area contributed by atoms with Crippen molar-refractivity contribution < 1.29 is 15.0 Å². The molecule has 0 amide bonds. The smallest absolute Gasteiger partial charge is 0.335 e. The first kappa shape index (κ1) is 11.5. The Balaban J connectivity index is 2.85. The van der Waals surface area contributed by atoms with Crippen LogP contribution in [0.1, 0.15) is 17.3 Å². The number of aromatic nitrogens is 1. The Morgan fingerprint density at radius 2 is 2.33 bits per heavy atom. The van der Waals surface area contributed by atoms with Crippen LogP contribution in [0.15, 0.2) is 18.3 Å². The van der Waals surface area contributed by atoms with Gasteiger partial charge in [0.2, 0.25) is 0 Å². The Morgan fingerprint density at radius 1 is 1.67 bits per heavy atom. The number of rotatable bonds is 4. The van der Waals surface area contributed by atoms with Crippen molar-refractivity contribution in [3.63, 3.8) is 0 Å². The molecule has 1 aromatic heterocycles. The first-order valence-corrected chi connectivity index (χ1v) is 4.59. The number of carbonyl (C=O) groups is 1. The normalized spacial score (nSPS) is 12.2. The second-order valence-corrected chi connectivity index (χ2v) is 3.44. The van der Waals surface area contributed by atoms with Crippen molar-refractivity contribution >= 4 is 11.8 Å². The summed E-state index contributed by atoms with van der Waals surface area (Å²) in [5.74, 6) is -0.445.